The second kappa shape index (κ2) is 13.1. The molecular weight excluding hydrogens is 573 g/mol. The number of ether oxygens (including phenoxy) is 1. The van der Waals surface area contributed by atoms with Gasteiger partial charge in [0.05, 0.1) is 28.2 Å². The van der Waals surface area contributed by atoms with Crippen LogP contribution >= 0.6 is 11.3 Å². The van der Waals surface area contributed by atoms with Crippen LogP contribution in [0.15, 0.2) is 40.4 Å². The van der Waals surface area contributed by atoms with Crippen molar-refractivity contribution in [1.82, 2.24) is 25.7 Å². The van der Waals surface area contributed by atoms with Gasteiger partial charge in [-0.15, -0.1) is 11.3 Å². The molecule has 2 saturated heterocycles. The molecule has 3 aromatic rings. The van der Waals surface area contributed by atoms with Crippen molar-refractivity contribution in [2.75, 3.05) is 26.2 Å². The molecule has 2 amide bonds. The number of hydrogen-bond acceptors (Lipinski definition) is 9. The molecule has 4 atom stereocenters. The second-order valence-corrected chi connectivity index (χ2v) is 12.8. The number of aryl methyl sites for hydroxylation is 1. The van der Waals surface area contributed by atoms with Crippen LogP contribution < -0.4 is 15.4 Å². The third-order valence-corrected chi connectivity index (χ3v) is 9.34. The highest BCUT2D eigenvalue weighted by Crippen LogP contribution is 2.34. The zero-order chi connectivity index (χ0) is 30.7. The van der Waals surface area contributed by atoms with Gasteiger partial charge in [0.1, 0.15) is 24.2 Å². The number of β-amino-alcohol motifs (C(OH)–C–C–N with tert-alkyl or cyclic N) is 1. The van der Waals surface area contributed by atoms with E-state index in [2.05, 4.69) is 20.8 Å². The lowest BCUT2D eigenvalue weighted by Gasteiger charge is -2.29. The van der Waals surface area contributed by atoms with E-state index in [0.717, 1.165) is 21.7 Å². The third kappa shape index (κ3) is 7.08. The molecule has 2 aliphatic heterocycles. The maximum absolute atomic E-state index is 15.0. The predicted octanol–water partition coefficient (Wildman–Crippen LogP) is 4.16. The Morgan fingerprint density at radius 1 is 1.26 bits per heavy atom. The van der Waals surface area contributed by atoms with E-state index in [4.69, 9.17) is 9.26 Å². The molecule has 0 aliphatic carbocycles. The summed E-state index contributed by atoms with van der Waals surface area (Å²) in [5.74, 6) is -1.25. The lowest BCUT2D eigenvalue weighted by molar-refractivity contribution is -0.141. The van der Waals surface area contributed by atoms with E-state index < -0.39 is 23.7 Å². The number of piperidine rings is 1. The van der Waals surface area contributed by atoms with Crippen molar-refractivity contribution in [3.05, 3.63) is 52.9 Å². The molecule has 4 heterocycles. The molecule has 5 rings (SSSR count). The van der Waals surface area contributed by atoms with Crippen LogP contribution in [-0.4, -0.2) is 76.0 Å². The maximum Gasteiger partial charge on any atom is 0.254 e. The number of aromatic nitrogens is 2. The fraction of sp³-hybridized carbons (Fsp3) is 0.548. The number of thiazole rings is 1. The molecule has 43 heavy (non-hydrogen) atoms. The number of carbonyl (C=O) groups is 2. The van der Waals surface area contributed by atoms with Gasteiger partial charge >= 0.3 is 0 Å². The molecule has 0 spiro atoms. The number of alkyl halides is 1. The Balaban J connectivity index is 1.24. The van der Waals surface area contributed by atoms with Gasteiger partial charge in [-0.3, -0.25) is 9.59 Å². The van der Waals surface area contributed by atoms with Crippen molar-refractivity contribution in [3.8, 4) is 16.3 Å². The zero-order valence-corrected chi connectivity index (χ0v) is 25.8. The van der Waals surface area contributed by atoms with E-state index in [1.807, 2.05) is 57.5 Å². The number of aliphatic hydroxyl groups excluding tert-OH is 1. The van der Waals surface area contributed by atoms with Gasteiger partial charge in [0, 0.05) is 19.0 Å². The molecule has 0 bridgehead atoms. The van der Waals surface area contributed by atoms with Gasteiger partial charge in [-0.1, -0.05) is 38.1 Å². The van der Waals surface area contributed by atoms with E-state index in [9.17, 15) is 19.1 Å². The van der Waals surface area contributed by atoms with Gasteiger partial charge < -0.3 is 29.9 Å². The first-order valence-corrected chi connectivity index (χ1v) is 15.7. The predicted molar refractivity (Wildman–Crippen MR) is 160 cm³/mol. The highest BCUT2D eigenvalue weighted by Gasteiger charge is 2.43. The van der Waals surface area contributed by atoms with Crippen molar-refractivity contribution in [3.63, 3.8) is 0 Å². The Morgan fingerprint density at radius 2 is 1.98 bits per heavy atom. The Labute approximate surface area is 255 Å². The van der Waals surface area contributed by atoms with E-state index in [-0.39, 0.29) is 55.0 Å². The molecule has 2 aromatic heterocycles. The zero-order valence-electron chi connectivity index (χ0n) is 25.0. The number of rotatable bonds is 10. The van der Waals surface area contributed by atoms with Crippen LogP contribution in [-0.2, 0) is 9.59 Å². The summed E-state index contributed by atoms with van der Waals surface area (Å²) in [6.45, 7) is 8.67. The summed E-state index contributed by atoms with van der Waals surface area (Å²) in [6, 6.07) is 8.34. The fourth-order valence-corrected chi connectivity index (χ4v) is 6.64. The number of amides is 2. The number of likely N-dealkylation sites (tertiary alicyclic amines) is 1. The number of carbonyl (C=O) groups excluding carboxylic acids is 2. The SMILES string of the molecule is Cc1ncsc1-c1ccc([C@H](C)NC(=O)[C@@H]2C[C@@H](O)CN2C(=O)[C@@H](c2cc(OCC3(F)CCNCC3)no2)C(C)C)cc1. The van der Waals surface area contributed by atoms with E-state index >= 15 is 0 Å². The molecule has 12 heteroatoms. The molecule has 0 radical (unpaired) electrons. The average molecular weight is 614 g/mol. The summed E-state index contributed by atoms with van der Waals surface area (Å²) in [5.41, 5.74) is 3.34. The molecular formula is C31H40FN5O5S. The summed E-state index contributed by atoms with van der Waals surface area (Å²) in [4.78, 5) is 34.2. The number of aliphatic hydroxyl groups is 1. The topological polar surface area (TPSA) is 130 Å². The minimum absolute atomic E-state index is 0.0350. The third-order valence-electron chi connectivity index (χ3n) is 8.37. The molecule has 2 fully saturated rings. The van der Waals surface area contributed by atoms with Crippen molar-refractivity contribution in [1.29, 1.82) is 0 Å². The Hall–Kier alpha value is -3.35. The van der Waals surface area contributed by atoms with Crippen molar-refractivity contribution < 1.29 is 28.3 Å². The van der Waals surface area contributed by atoms with E-state index in [1.165, 1.54) is 11.0 Å². The summed E-state index contributed by atoms with van der Waals surface area (Å²) in [7, 11) is 0. The number of nitrogens with one attached hydrogen (secondary N) is 2. The number of benzene rings is 1. The standard InChI is InChI=1S/C31H40FN5O5S/c1-18(2)27(25-14-26(36-42-25)41-16-31(32)9-11-33-12-10-31)30(40)37-15-23(38)13-24(37)29(39)35-19(3)21-5-7-22(8-6-21)28-20(4)34-17-43-28/h5-8,14,17-19,23-24,27,33,38H,9-13,15-16H2,1-4H3,(H,35,39)/t19-,23+,24-,27+/m0/s1. The van der Waals surface area contributed by atoms with Gasteiger partial charge in [-0.2, -0.15) is 0 Å². The Bertz CT molecular complexity index is 1400. The summed E-state index contributed by atoms with van der Waals surface area (Å²) in [5, 5.41) is 20.6. The number of nitrogens with zero attached hydrogens (tertiary/aromatic N) is 3. The summed E-state index contributed by atoms with van der Waals surface area (Å²) < 4.78 is 26.1. The first-order valence-electron chi connectivity index (χ1n) is 14.8. The molecule has 1 aromatic carbocycles. The van der Waals surface area contributed by atoms with E-state index in [0.29, 0.717) is 25.9 Å². The summed E-state index contributed by atoms with van der Waals surface area (Å²) in [6.07, 6.45) is 0.00477. The number of hydrogen-bond donors (Lipinski definition) is 3. The van der Waals surface area contributed by atoms with E-state index in [1.54, 1.807) is 11.3 Å². The summed E-state index contributed by atoms with van der Waals surface area (Å²) >= 11 is 1.58. The van der Waals surface area contributed by atoms with Crippen LogP contribution in [0.3, 0.4) is 0 Å². The van der Waals surface area contributed by atoms with Crippen LogP contribution in [0.25, 0.3) is 10.4 Å². The molecule has 2 aliphatic rings. The van der Waals surface area contributed by atoms with Crippen molar-refractivity contribution in [2.45, 2.75) is 76.7 Å². The first-order chi connectivity index (χ1) is 20.5. The van der Waals surface area contributed by atoms with Gasteiger partial charge in [-0.25, -0.2) is 9.37 Å². The molecule has 0 saturated carbocycles. The average Bonchev–Trinajstić information content (AvgIpc) is 3.72. The normalized spacial score (nSPS) is 21.5. The Morgan fingerprint density at radius 3 is 2.63 bits per heavy atom. The largest absolute Gasteiger partial charge is 0.472 e. The minimum atomic E-state index is -1.44. The quantitative estimate of drug-likeness (QED) is 0.311. The van der Waals surface area contributed by atoms with Gasteiger partial charge in [0.2, 0.25) is 11.8 Å². The van der Waals surface area contributed by atoms with Gasteiger partial charge in [-0.05, 0) is 62.0 Å². The highest BCUT2D eigenvalue weighted by atomic mass is 32.1. The van der Waals surface area contributed by atoms with Crippen LogP contribution in [0.5, 0.6) is 5.88 Å². The van der Waals surface area contributed by atoms with Crippen LogP contribution in [0.1, 0.15) is 69.0 Å². The molecule has 3 N–H and O–H groups in total. The second-order valence-electron chi connectivity index (χ2n) is 12.0. The molecule has 0 unspecified atom stereocenters. The van der Waals surface area contributed by atoms with Crippen LogP contribution in [0.4, 0.5) is 4.39 Å². The van der Waals surface area contributed by atoms with Crippen LogP contribution in [0.2, 0.25) is 0 Å². The lowest BCUT2D eigenvalue weighted by Crippen LogP contribution is -2.48. The smallest absolute Gasteiger partial charge is 0.254 e. The lowest BCUT2D eigenvalue weighted by atomic mass is 9.91. The highest BCUT2D eigenvalue weighted by molar-refractivity contribution is 7.13. The van der Waals surface area contributed by atoms with Gasteiger partial charge in [0.25, 0.3) is 5.88 Å². The first kappa shape index (κ1) is 31.1. The maximum atomic E-state index is 15.0. The van der Waals surface area contributed by atoms with Crippen molar-refractivity contribution in [2.24, 2.45) is 5.92 Å². The molecule has 10 nitrogen and oxygen atoms in total. The fourth-order valence-electron chi connectivity index (χ4n) is 5.82. The molecule has 232 valence electrons. The minimum Gasteiger partial charge on any atom is -0.472 e. The van der Waals surface area contributed by atoms with Crippen molar-refractivity contribution >= 4 is 23.2 Å². The monoisotopic (exact) mass is 613 g/mol. The van der Waals surface area contributed by atoms with Crippen LogP contribution in [0, 0.1) is 12.8 Å². The number of halogens is 1. The Kier molecular flexibility index (Phi) is 9.48. The van der Waals surface area contributed by atoms with Gasteiger partial charge in [0.15, 0.2) is 5.76 Å².